The summed E-state index contributed by atoms with van der Waals surface area (Å²) in [4.78, 5) is 8.23. The van der Waals surface area contributed by atoms with Crippen LogP contribution in [0.2, 0.25) is 5.02 Å². The van der Waals surface area contributed by atoms with Crippen molar-refractivity contribution >= 4 is 21.6 Å². The number of benzene rings is 1. The van der Waals surface area contributed by atoms with Crippen molar-refractivity contribution in [2.75, 3.05) is 13.1 Å². The molecule has 0 unspecified atom stereocenters. The molecule has 23 heavy (non-hydrogen) atoms. The van der Waals surface area contributed by atoms with Crippen molar-refractivity contribution in [3.8, 4) is 5.88 Å². The summed E-state index contributed by atoms with van der Waals surface area (Å²) in [6, 6.07) is 6.32. The zero-order chi connectivity index (χ0) is 16.3. The van der Waals surface area contributed by atoms with Crippen LogP contribution in [-0.2, 0) is 10.0 Å². The third-order valence-electron chi connectivity index (χ3n) is 3.66. The number of piperidine rings is 1. The molecule has 8 heteroatoms. The number of halogens is 1. The summed E-state index contributed by atoms with van der Waals surface area (Å²) in [5.74, 6) is 0.462. The highest BCUT2D eigenvalue weighted by atomic mass is 35.5. The van der Waals surface area contributed by atoms with Crippen LogP contribution in [0.1, 0.15) is 12.8 Å². The molecule has 1 aliphatic heterocycles. The highest BCUT2D eigenvalue weighted by Gasteiger charge is 2.30. The first-order valence-corrected chi connectivity index (χ1v) is 9.06. The van der Waals surface area contributed by atoms with Gasteiger partial charge in [-0.1, -0.05) is 17.7 Å². The van der Waals surface area contributed by atoms with Crippen LogP contribution in [0.5, 0.6) is 5.88 Å². The largest absolute Gasteiger partial charge is 0.473 e. The summed E-state index contributed by atoms with van der Waals surface area (Å²) in [5.41, 5.74) is 0. The fourth-order valence-corrected chi connectivity index (χ4v) is 4.25. The van der Waals surface area contributed by atoms with Gasteiger partial charge in [0.25, 0.3) is 0 Å². The fourth-order valence-electron chi connectivity index (χ4n) is 2.48. The number of sulfonamides is 1. The Kier molecular flexibility index (Phi) is 4.79. The highest BCUT2D eigenvalue weighted by molar-refractivity contribution is 7.89. The second kappa shape index (κ2) is 6.82. The second-order valence-corrected chi connectivity index (χ2v) is 7.60. The predicted molar refractivity (Wildman–Crippen MR) is 85.9 cm³/mol. The van der Waals surface area contributed by atoms with Crippen molar-refractivity contribution in [3.05, 3.63) is 47.9 Å². The van der Waals surface area contributed by atoms with Crippen LogP contribution < -0.4 is 4.74 Å². The molecule has 0 aliphatic carbocycles. The maximum absolute atomic E-state index is 12.6. The molecule has 2 heterocycles. The van der Waals surface area contributed by atoms with Gasteiger partial charge in [-0.15, -0.1) is 0 Å². The summed E-state index contributed by atoms with van der Waals surface area (Å²) < 4.78 is 32.4. The molecule has 1 saturated heterocycles. The van der Waals surface area contributed by atoms with E-state index in [-0.39, 0.29) is 11.0 Å². The molecule has 2 aromatic rings. The van der Waals surface area contributed by atoms with Gasteiger partial charge >= 0.3 is 0 Å². The highest BCUT2D eigenvalue weighted by Crippen LogP contribution is 2.24. The van der Waals surface area contributed by atoms with E-state index >= 15 is 0 Å². The molecule has 0 saturated carbocycles. The maximum Gasteiger partial charge on any atom is 0.243 e. The Morgan fingerprint density at radius 2 is 2.00 bits per heavy atom. The van der Waals surface area contributed by atoms with Crippen LogP contribution in [0, 0.1) is 0 Å². The average Bonchev–Trinajstić information content (AvgIpc) is 2.56. The number of aromatic nitrogens is 2. The lowest BCUT2D eigenvalue weighted by molar-refractivity contribution is 0.129. The maximum atomic E-state index is 12.6. The standard InChI is InChI=1S/C15H16ClN3O3S/c16-12-2-1-3-14(10-12)23(20,21)19-8-4-13(5-9-19)22-15-11-17-6-7-18-15/h1-3,6-7,10-11,13H,4-5,8-9H2. The van der Waals surface area contributed by atoms with Gasteiger partial charge in [0.1, 0.15) is 6.10 Å². The van der Waals surface area contributed by atoms with E-state index in [4.69, 9.17) is 16.3 Å². The van der Waals surface area contributed by atoms with E-state index in [0.717, 1.165) is 0 Å². The smallest absolute Gasteiger partial charge is 0.243 e. The minimum atomic E-state index is -3.52. The van der Waals surface area contributed by atoms with Crippen LogP contribution in [0.3, 0.4) is 0 Å². The van der Waals surface area contributed by atoms with Crippen molar-refractivity contribution in [1.29, 1.82) is 0 Å². The lowest BCUT2D eigenvalue weighted by Crippen LogP contribution is -2.41. The summed E-state index contributed by atoms with van der Waals surface area (Å²) >= 11 is 5.89. The number of ether oxygens (including phenoxy) is 1. The van der Waals surface area contributed by atoms with Gasteiger partial charge in [0, 0.05) is 30.5 Å². The molecular weight excluding hydrogens is 338 g/mol. The van der Waals surface area contributed by atoms with E-state index < -0.39 is 10.0 Å². The van der Waals surface area contributed by atoms with Crippen molar-refractivity contribution in [1.82, 2.24) is 14.3 Å². The summed E-state index contributed by atoms with van der Waals surface area (Å²) in [7, 11) is -3.52. The van der Waals surface area contributed by atoms with Gasteiger partial charge in [-0.25, -0.2) is 13.4 Å². The molecule has 0 atom stereocenters. The molecule has 3 rings (SSSR count). The van der Waals surface area contributed by atoms with Crippen molar-refractivity contribution in [3.63, 3.8) is 0 Å². The molecule has 6 nitrogen and oxygen atoms in total. The van der Waals surface area contributed by atoms with Crippen molar-refractivity contribution in [2.24, 2.45) is 0 Å². The van der Waals surface area contributed by atoms with E-state index in [1.807, 2.05) is 0 Å². The molecule has 0 spiro atoms. The van der Waals surface area contributed by atoms with E-state index in [2.05, 4.69) is 9.97 Å². The molecular formula is C15H16ClN3O3S. The molecule has 122 valence electrons. The Morgan fingerprint density at radius 1 is 1.22 bits per heavy atom. The SMILES string of the molecule is O=S(=O)(c1cccc(Cl)c1)N1CCC(Oc2cnccn2)CC1. The minimum Gasteiger partial charge on any atom is -0.473 e. The Hall–Kier alpha value is -1.70. The van der Waals surface area contributed by atoms with Crippen LogP contribution in [0.25, 0.3) is 0 Å². The number of nitrogens with zero attached hydrogens (tertiary/aromatic N) is 3. The molecule has 0 radical (unpaired) electrons. The zero-order valence-electron chi connectivity index (χ0n) is 12.3. The Balaban J connectivity index is 1.64. The fraction of sp³-hybridized carbons (Fsp3) is 0.333. The number of hydrogen-bond acceptors (Lipinski definition) is 5. The quantitative estimate of drug-likeness (QED) is 0.843. The van der Waals surface area contributed by atoms with Gasteiger partial charge in [-0.3, -0.25) is 4.98 Å². The number of hydrogen-bond donors (Lipinski definition) is 0. The minimum absolute atomic E-state index is 0.0579. The Labute approximate surface area is 140 Å². The normalized spacial score (nSPS) is 17.1. The molecule has 0 N–H and O–H groups in total. The van der Waals surface area contributed by atoms with Crippen LogP contribution in [0.4, 0.5) is 0 Å². The van der Waals surface area contributed by atoms with Crippen LogP contribution in [0.15, 0.2) is 47.8 Å². The van der Waals surface area contributed by atoms with E-state index in [1.54, 1.807) is 36.8 Å². The van der Waals surface area contributed by atoms with E-state index in [9.17, 15) is 8.42 Å². The molecule has 1 aliphatic rings. The first-order chi connectivity index (χ1) is 11.1. The van der Waals surface area contributed by atoms with Gasteiger partial charge in [-0.2, -0.15) is 4.31 Å². The van der Waals surface area contributed by atoms with Gasteiger partial charge in [0.2, 0.25) is 15.9 Å². The summed E-state index contributed by atoms with van der Waals surface area (Å²) in [5, 5.41) is 0.409. The Morgan fingerprint density at radius 3 is 2.65 bits per heavy atom. The first kappa shape index (κ1) is 16.2. The van der Waals surface area contributed by atoms with Crippen molar-refractivity contribution in [2.45, 2.75) is 23.8 Å². The van der Waals surface area contributed by atoms with Gasteiger partial charge < -0.3 is 4.74 Å². The zero-order valence-corrected chi connectivity index (χ0v) is 13.9. The monoisotopic (exact) mass is 353 g/mol. The average molecular weight is 354 g/mol. The second-order valence-electron chi connectivity index (χ2n) is 5.22. The molecule has 0 bridgehead atoms. The summed E-state index contributed by atoms with van der Waals surface area (Å²) in [6.45, 7) is 0.805. The topological polar surface area (TPSA) is 72.4 Å². The molecule has 1 aromatic carbocycles. The molecule has 1 aromatic heterocycles. The third kappa shape index (κ3) is 3.80. The van der Waals surface area contributed by atoms with E-state index in [0.29, 0.717) is 36.8 Å². The van der Waals surface area contributed by atoms with Crippen molar-refractivity contribution < 1.29 is 13.2 Å². The first-order valence-electron chi connectivity index (χ1n) is 7.24. The lowest BCUT2D eigenvalue weighted by atomic mass is 10.1. The van der Waals surface area contributed by atoms with E-state index in [1.165, 1.54) is 10.4 Å². The molecule has 1 fully saturated rings. The summed E-state index contributed by atoms with van der Waals surface area (Å²) in [6.07, 6.45) is 5.85. The van der Waals surface area contributed by atoms with Crippen LogP contribution >= 0.6 is 11.6 Å². The lowest BCUT2D eigenvalue weighted by Gasteiger charge is -2.31. The number of rotatable bonds is 4. The Bertz CT molecular complexity index is 763. The van der Waals surface area contributed by atoms with Gasteiger partial charge in [0.15, 0.2) is 0 Å². The van der Waals surface area contributed by atoms with Gasteiger partial charge in [-0.05, 0) is 31.0 Å². The van der Waals surface area contributed by atoms with Crippen LogP contribution in [-0.4, -0.2) is 41.9 Å². The van der Waals surface area contributed by atoms with Gasteiger partial charge in [0.05, 0.1) is 11.1 Å². The third-order valence-corrected chi connectivity index (χ3v) is 5.79. The molecule has 0 amide bonds. The predicted octanol–water partition coefficient (Wildman–Crippen LogP) is 2.36.